The summed E-state index contributed by atoms with van der Waals surface area (Å²) in [7, 11) is 0. The molecule has 3 heterocycles. The Bertz CT molecular complexity index is 623. The van der Waals surface area contributed by atoms with Gasteiger partial charge in [-0.05, 0) is 12.1 Å². The number of aromatic nitrogens is 2. The first-order valence-corrected chi connectivity index (χ1v) is 6.29. The molecule has 0 amide bonds. The Hall–Kier alpha value is -1.27. The maximum Gasteiger partial charge on any atom is 0.272 e. The number of likely N-dealkylation sites (tertiary alicyclic amines) is 1. The number of fused-ring (bicyclic) bond motifs is 1. The highest BCUT2D eigenvalue weighted by Gasteiger charge is 2.24. The first-order chi connectivity index (χ1) is 8.61. The zero-order valence-corrected chi connectivity index (χ0v) is 11.0. The first kappa shape index (κ1) is 11.8. The van der Waals surface area contributed by atoms with Gasteiger partial charge in [-0.15, -0.1) is 0 Å². The molecule has 0 aromatic carbocycles. The van der Waals surface area contributed by atoms with Crippen molar-refractivity contribution < 1.29 is 8.78 Å². The molecule has 0 radical (unpaired) electrons. The third-order valence-corrected chi connectivity index (χ3v) is 3.45. The number of hydrogen-bond acceptors (Lipinski definition) is 2. The molecular formula is C12H10BrF2N3. The summed E-state index contributed by atoms with van der Waals surface area (Å²) in [6.07, 6.45) is 2.30. The molecule has 1 fully saturated rings. The number of pyridine rings is 1. The van der Waals surface area contributed by atoms with Crippen molar-refractivity contribution in [2.75, 3.05) is 13.1 Å². The van der Waals surface area contributed by atoms with Gasteiger partial charge >= 0.3 is 0 Å². The van der Waals surface area contributed by atoms with Gasteiger partial charge in [0.25, 0.3) is 6.08 Å². The number of imidazole rings is 1. The van der Waals surface area contributed by atoms with Gasteiger partial charge in [0.2, 0.25) is 0 Å². The van der Waals surface area contributed by atoms with E-state index in [1.54, 1.807) is 0 Å². The van der Waals surface area contributed by atoms with E-state index in [-0.39, 0.29) is 5.57 Å². The Balaban J connectivity index is 1.74. The van der Waals surface area contributed by atoms with Crippen LogP contribution in [0.3, 0.4) is 0 Å². The highest BCUT2D eigenvalue weighted by Crippen LogP contribution is 2.22. The van der Waals surface area contributed by atoms with Gasteiger partial charge in [0.1, 0.15) is 5.65 Å². The smallest absolute Gasteiger partial charge is 0.272 e. The number of hydrogen-bond donors (Lipinski definition) is 0. The molecule has 2 aromatic rings. The molecule has 0 unspecified atom stereocenters. The Kier molecular flexibility index (Phi) is 2.91. The quantitative estimate of drug-likeness (QED) is 0.849. The van der Waals surface area contributed by atoms with Crippen molar-refractivity contribution in [1.82, 2.24) is 14.3 Å². The largest absolute Gasteiger partial charge is 0.307 e. The maximum absolute atomic E-state index is 12.2. The zero-order chi connectivity index (χ0) is 12.7. The topological polar surface area (TPSA) is 20.5 Å². The molecule has 0 saturated carbocycles. The lowest BCUT2D eigenvalue weighted by molar-refractivity contribution is 0.219. The molecule has 6 heteroatoms. The van der Waals surface area contributed by atoms with Crippen LogP contribution < -0.4 is 0 Å². The van der Waals surface area contributed by atoms with Crippen LogP contribution in [0, 0.1) is 0 Å². The van der Waals surface area contributed by atoms with Crippen LogP contribution in [0.15, 0.2) is 40.7 Å². The Morgan fingerprint density at radius 3 is 2.89 bits per heavy atom. The molecule has 18 heavy (non-hydrogen) atoms. The van der Waals surface area contributed by atoms with E-state index in [1.165, 1.54) is 0 Å². The second kappa shape index (κ2) is 4.44. The zero-order valence-electron chi connectivity index (χ0n) is 9.41. The molecule has 0 aliphatic carbocycles. The van der Waals surface area contributed by atoms with Gasteiger partial charge in [-0.2, -0.15) is 8.78 Å². The van der Waals surface area contributed by atoms with E-state index in [2.05, 4.69) is 20.9 Å². The van der Waals surface area contributed by atoms with E-state index < -0.39 is 6.08 Å². The van der Waals surface area contributed by atoms with E-state index in [1.807, 2.05) is 33.8 Å². The predicted octanol–water partition coefficient (Wildman–Crippen LogP) is 3.06. The van der Waals surface area contributed by atoms with Crippen molar-refractivity contribution in [2.24, 2.45) is 0 Å². The van der Waals surface area contributed by atoms with Crippen LogP contribution in [-0.2, 0) is 6.54 Å². The molecule has 1 saturated heterocycles. The SMILES string of the molecule is FC(F)=C1CN(Cc2cn3ccc(Br)cc3n2)C1. The summed E-state index contributed by atoms with van der Waals surface area (Å²) in [5, 5.41) is 0. The molecule has 1 aliphatic heterocycles. The predicted molar refractivity (Wildman–Crippen MR) is 67.4 cm³/mol. The third-order valence-electron chi connectivity index (χ3n) is 2.95. The van der Waals surface area contributed by atoms with E-state index >= 15 is 0 Å². The first-order valence-electron chi connectivity index (χ1n) is 5.50. The van der Waals surface area contributed by atoms with Crippen LogP contribution in [0.1, 0.15) is 5.69 Å². The molecule has 0 bridgehead atoms. The lowest BCUT2D eigenvalue weighted by Gasteiger charge is -2.32. The molecule has 0 atom stereocenters. The van der Waals surface area contributed by atoms with Crippen LogP contribution in [0.2, 0.25) is 0 Å². The fourth-order valence-corrected chi connectivity index (χ4v) is 2.36. The fourth-order valence-electron chi connectivity index (χ4n) is 2.04. The Labute approximate surface area is 111 Å². The minimum atomic E-state index is -1.54. The van der Waals surface area contributed by atoms with Gasteiger partial charge in [-0.1, -0.05) is 15.9 Å². The summed E-state index contributed by atoms with van der Waals surface area (Å²) in [5.41, 5.74) is 1.99. The molecule has 2 aromatic heterocycles. The number of rotatable bonds is 2. The van der Waals surface area contributed by atoms with Crippen molar-refractivity contribution in [3.63, 3.8) is 0 Å². The van der Waals surface area contributed by atoms with Crippen molar-refractivity contribution in [1.29, 1.82) is 0 Å². The van der Waals surface area contributed by atoms with Crippen LogP contribution >= 0.6 is 15.9 Å². The summed E-state index contributed by atoms with van der Waals surface area (Å²) >= 11 is 3.39. The molecule has 1 aliphatic rings. The minimum Gasteiger partial charge on any atom is -0.307 e. The van der Waals surface area contributed by atoms with Gasteiger partial charge in [0.05, 0.1) is 5.69 Å². The normalized spacial score (nSPS) is 16.1. The van der Waals surface area contributed by atoms with Crippen LogP contribution in [0.5, 0.6) is 0 Å². The molecule has 3 rings (SSSR count). The fraction of sp³-hybridized carbons (Fsp3) is 0.250. The monoisotopic (exact) mass is 313 g/mol. The van der Waals surface area contributed by atoms with Gasteiger partial charge in [0.15, 0.2) is 0 Å². The summed E-state index contributed by atoms with van der Waals surface area (Å²) in [4.78, 5) is 6.39. The minimum absolute atomic E-state index is 0.238. The number of halogens is 3. The van der Waals surface area contributed by atoms with Crippen molar-refractivity contribution in [2.45, 2.75) is 6.54 Å². The summed E-state index contributed by atoms with van der Waals surface area (Å²) in [6.45, 7) is 1.30. The van der Waals surface area contributed by atoms with E-state index in [0.717, 1.165) is 15.8 Å². The van der Waals surface area contributed by atoms with Crippen LogP contribution in [-0.4, -0.2) is 27.4 Å². The molecule has 0 spiro atoms. The Morgan fingerprint density at radius 1 is 1.39 bits per heavy atom. The van der Waals surface area contributed by atoms with Gasteiger partial charge in [-0.25, -0.2) is 4.98 Å². The average Bonchev–Trinajstić information content (AvgIpc) is 2.63. The second-order valence-corrected chi connectivity index (χ2v) is 5.27. The van der Waals surface area contributed by atoms with Crippen molar-refractivity contribution >= 4 is 21.6 Å². The van der Waals surface area contributed by atoms with E-state index in [0.29, 0.717) is 19.6 Å². The van der Waals surface area contributed by atoms with E-state index in [4.69, 9.17) is 0 Å². The summed E-state index contributed by atoms with van der Waals surface area (Å²) in [6, 6.07) is 3.85. The summed E-state index contributed by atoms with van der Waals surface area (Å²) in [5.74, 6) is 0. The molecular weight excluding hydrogens is 304 g/mol. The van der Waals surface area contributed by atoms with Crippen LogP contribution in [0.4, 0.5) is 8.78 Å². The standard InChI is InChI=1S/C12H10BrF2N3/c13-9-1-2-18-7-10(16-11(18)3-9)6-17-4-8(5-17)12(14)15/h1-3,7H,4-6H2. The second-order valence-electron chi connectivity index (χ2n) is 4.35. The summed E-state index contributed by atoms with van der Waals surface area (Å²) < 4.78 is 27.4. The van der Waals surface area contributed by atoms with Crippen LogP contribution in [0.25, 0.3) is 5.65 Å². The lowest BCUT2D eigenvalue weighted by Crippen LogP contribution is -2.39. The number of nitrogens with zero attached hydrogens (tertiary/aromatic N) is 3. The van der Waals surface area contributed by atoms with E-state index in [9.17, 15) is 8.78 Å². The highest BCUT2D eigenvalue weighted by molar-refractivity contribution is 9.10. The van der Waals surface area contributed by atoms with Gasteiger partial charge in [0, 0.05) is 42.1 Å². The molecule has 94 valence electrons. The molecule has 0 N–H and O–H groups in total. The lowest BCUT2D eigenvalue weighted by atomic mass is 10.1. The Morgan fingerprint density at radius 2 is 2.17 bits per heavy atom. The average molecular weight is 314 g/mol. The van der Waals surface area contributed by atoms with Crippen molar-refractivity contribution in [3.8, 4) is 0 Å². The van der Waals surface area contributed by atoms with Gasteiger partial charge < -0.3 is 4.40 Å². The molecule has 3 nitrogen and oxygen atoms in total. The van der Waals surface area contributed by atoms with Crippen molar-refractivity contribution in [3.05, 3.63) is 46.3 Å². The highest BCUT2D eigenvalue weighted by atomic mass is 79.9. The maximum atomic E-state index is 12.2. The third kappa shape index (κ3) is 2.18. The van der Waals surface area contributed by atoms with Gasteiger partial charge in [-0.3, -0.25) is 4.90 Å².